The minimum Gasteiger partial charge on any atom is -0.393 e. The lowest BCUT2D eigenvalue weighted by Gasteiger charge is -2.28. The van der Waals surface area contributed by atoms with Crippen LogP contribution in [0.1, 0.15) is 49.8 Å². The summed E-state index contributed by atoms with van der Waals surface area (Å²) in [5, 5.41) is 3.57. The van der Waals surface area contributed by atoms with Crippen molar-refractivity contribution in [2.75, 3.05) is 0 Å². The van der Waals surface area contributed by atoms with Crippen LogP contribution in [0.5, 0.6) is 0 Å². The molecule has 0 aromatic heterocycles. The van der Waals surface area contributed by atoms with Gasteiger partial charge in [0.25, 0.3) is 0 Å². The highest BCUT2D eigenvalue weighted by Gasteiger charge is 2.22. The molecule has 2 rings (SSSR count). The number of benzene rings is 1. The Morgan fingerprint density at radius 3 is 2.85 bits per heavy atom. The fourth-order valence-corrected chi connectivity index (χ4v) is 3.09. The highest BCUT2D eigenvalue weighted by Crippen LogP contribution is 2.28. The van der Waals surface area contributed by atoms with Crippen LogP contribution in [0.15, 0.2) is 37.1 Å². The molecule has 106 valence electrons. The molecule has 2 heteroatoms. The lowest BCUT2D eigenvalue weighted by atomic mass is 9.57. The van der Waals surface area contributed by atoms with Gasteiger partial charge in [-0.3, -0.25) is 0 Å². The fraction of sp³-hybridized carbons (Fsp3) is 0.444. The van der Waals surface area contributed by atoms with Crippen molar-refractivity contribution >= 4 is 12.9 Å². The van der Waals surface area contributed by atoms with Crippen molar-refractivity contribution in [2.24, 2.45) is 0 Å². The molecule has 0 radical (unpaired) electrons. The van der Waals surface area contributed by atoms with Gasteiger partial charge in [-0.25, -0.2) is 0 Å². The first kappa shape index (κ1) is 15.0. The summed E-state index contributed by atoms with van der Waals surface area (Å²) in [6.07, 6.45) is 5.55. The minimum atomic E-state index is 0.546. The highest BCUT2D eigenvalue weighted by atomic mass is 14.9. The average Bonchev–Trinajstić information content (AvgIpc) is 2.46. The predicted molar refractivity (Wildman–Crippen MR) is 91.3 cm³/mol. The molecule has 1 aromatic rings. The third-order valence-electron chi connectivity index (χ3n) is 4.25. The second-order valence-electron chi connectivity index (χ2n) is 5.84. The van der Waals surface area contributed by atoms with Crippen LogP contribution >= 0.6 is 0 Å². The average molecular weight is 267 g/mol. The fourth-order valence-electron chi connectivity index (χ4n) is 3.09. The van der Waals surface area contributed by atoms with E-state index in [4.69, 9.17) is 0 Å². The van der Waals surface area contributed by atoms with Crippen molar-refractivity contribution in [1.82, 2.24) is 5.32 Å². The van der Waals surface area contributed by atoms with E-state index in [1.807, 2.05) is 0 Å². The summed E-state index contributed by atoms with van der Waals surface area (Å²) in [6, 6.07) is 6.71. The maximum Gasteiger partial charge on any atom is 0.153 e. The van der Waals surface area contributed by atoms with Crippen LogP contribution in [0, 0.1) is 0 Å². The molecule has 0 aliphatic carbocycles. The summed E-state index contributed by atoms with van der Waals surface area (Å²) in [5.41, 5.74) is 6.88. The van der Waals surface area contributed by atoms with Gasteiger partial charge < -0.3 is 5.32 Å². The molecule has 1 unspecified atom stereocenters. The molecule has 0 saturated carbocycles. The maximum atomic E-state index is 4.27. The lowest BCUT2D eigenvalue weighted by molar-refractivity contribution is 0.681. The molecular formula is C18H26BN. The van der Waals surface area contributed by atoms with Crippen molar-refractivity contribution in [1.29, 1.82) is 0 Å². The number of nitrogens with one attached hydrogen (secondary N) is 1. The molecular weight excluding hydrogens is 241 g/mol. The molecule has 1 aromatic carbocycles. The van der Waals surface area contributed by atoms with E-state index >= 15 is 0 Å². The smallest absolute Gasteiger partial charge is 0.153 e. The van der Waals surface area contributed by atoms with Gasteiger partial charge in [-0.2, -0.15) is 0 Å². The second-order valence-corrected chi connectivity index (χ2v) is 5.84. The summed E-state index contributed by atoms with van der Waals surface area (Å²) >= 11 is 0. The van der Waals surface area contributed by atoms with Gasteiger partial charge in [0.2, 0.25) is 0 Å². The molecule has 0 bridgehead atoms. The van der Waals surface area contributed by atoms with E-state index in [1.165, 1.54) is 36.0 Å². The Kier molecular flexibility index (Phi) is 5.11. The quantitative estimate of drug-likeness (QED) is 0.772. The van der Waals surface area contributed by atoms with Gasteiger partial charge in [0, 0.05) is 11.6 Å². The van der Waals surface area contributed by atoms with Crippen LogP contribution in [0.3, 0.4) is 0 Å². The monoisotopic (exact) mass is 267 g/mol. The van der Waals surface area contributed by atoms with Crippen LogP contribution in [0.2, 0.25) is 0 Å². The lowest BCUT2D eigenvalue weighted by Crippen LogP contribution is -2.40. The SMILES string of the molecule is C=C(CC)NC1BCc2c(cccc2C(=C)CCC)C1. The Balaban J connectivity index is 2.16. The van der Waals surface area contributed by atoms with Crippen molar-refractivity contribution < 1.29 is 0 Å². The van der Waals surface area contributed by atoms with Crippen LogP contribution in [0.4, 0.5) is 0 Å². The Hall–Kier alpha value is -1.44. The topological polar surface area (TPSA) is 12.0 Å². The van der Waals surface area contributed by atoms with Crippen molar-refractivity contribution in [3.63, 3.8) is 0 Å². The number of allylic oxidation sites excluding steroid dienone is 2. The molecule has 1 aliphatic rings. The molecule has 0 saturated heterocycles. The van der Waals surface area contributed by atoms with E-state index in [2.05, 4.69) is 50.5 Å². The van der Waals surface area contributed by atoms with Gasteiger partial charge in [-0.15, -0.1) is 0 Å². The van der Waals surface area contributed by atoms with Gasteiger partial charge in [-0.05, 0) is 47.8 Å². The third-order valence-corrected chi connectivity index (χ3v) is 4.25. The van der Waals surface area contributed by atoms with E-state index < -0.39 is 0 Å². The van der Waals surface area contributed by atoms with Crippen molar-refractivity contribution in [2.45, 2.75) is 51.8 Å². The zero-order valence-corrected chi connectivity index (χ0v) is 13.0. The van der Waals surface area contributed by atoms with Crippen LogP contribution in [0.25, 0.3) is 5.57 Å². The maximum absolute atomic E-state index is 4.27. The van der Waals surface area contributed by atoms with E-state index in [0.717, 1.165) is 31.3 Å². The van der Waals surface area contributed by atoms with Crippen LogP contribution in [-0.4, -0.2) is 13.2 Å². The molecule has 1 atom stereocenters. The Morgan fingerprint density at radius 2 is 2.15 bits per heavy atom. The third kappa shape index (κ3) is 3.36. The first-order valence-corrected chi connectivity index (χ1v) is 7.88. The van der Waals surface area contributed by atoms with E-state index in [9.17, 15) is 0 Å². The van der Waals surface area contributed by atoms with E-state index in [-0.39, 0.29) is 0 Å². The zero-order chi connectivity index (χ0) is 14.5. The molecule has 1 N–H and O–H groups in total. The van der Waals surface area contributed by atoms with Gasteiger partial charge in [0.15, 0.2) is 7.28 Å². The molecule has 20 heavy (non-hydrogen) atoms. The Morgan fingerprint density at radius 1 is 1.35 bits per heavy atom. The summed E-state index contributed by atoms with van der Waals surface area (Å²) in [7, 11) is 1.20. The molecule has 0 fully saturated rings. The van der Waals surface area contributed by atoms with Gasteiger partial charge in [0.1, 0.15) is 0 Å². The first-order valence-electron chi connectivity index (χ1n) is 7.88. The Labute approximate surface area is 124 Å². The van der Waals surface area contributed by atoms with E-state index in [0.29, 0.717) is 5.94 Å². The summed E-state index contributed by atoms with van der Waals surface area (Å²) in [5.74, 6) is 0.546. The zero-order valence-electron chi connectivity index (χ0n) is 13.0. The van der Waals surface area contributed by atoms with Crippen molar-refractivity contribution in [3.8, 4) is 0 Å². The number of hydrogen-bond donors (Lipinski definition) is 1. The van der Waals surface area contributed by atoms with E-state index in [1.54, 1.807) is 0 Å². The highest BCUT2D eigenvalue weighted by molar-refractivity contribution is 6.38. The number of hydrogen-bond acceptors (Lipinski definition) is 1. The normalized spacial score (nSPS) is 17.0. The van der Waals surface area contributed by atoms with Crippen molar-refractivity contribution in [3.05, 3.63) is 53.7 Å². The summed E-state index contributed by atoms with van der Waals surface area (Å²) in [6.45, 7) is 12.7. The molecule has 0 amide bonds. The largest absolute Gasteiger partial charge is 0.393 e. The summed E-state index contributed by atoms with van der Waals surface area (Å²) < 4.78 is 0. The number of fused-ring (bicyclic) bond motifs is 1. The Bertz CT molecular complexity index is 504. The second kappa shape index (κ2) is 6.83. The van der Waals surface area contributed by atoms with Crippen LogP contribution < -0.4 is 5.32 Å². The minimum absolute atomic E-state index is 0.546. The summed E-state index contributed by atoms with van der Waals surface area (Å²) in [4.78, 5) is 0. The first-order chi connectivity index (χ1) is 9.65. The standard InChI is InChI=1S/C18H26BN/c1-5-8-13(3)16-10-7-9-15-11-18(19-12-17(15)16)20-14(4)6-2/h7,9-10,18-20H,3-6,8,11-12H2,1-2H3. The van der Waals surface area contributed by atoms with Gasteiger partial charge in [0.05, 0.1) is 0 Å². The van der Waals surface area contributed by atoms with Gasteiger partial charge in [-0.1, -0.05) is 51.6 Å². The molecule has 0 spiro atoms. The molecule has 1 aliphatic heterocycles. The number of rotatable bonds is 6. The molecule has 1 heterocycles. The van der Waals surface area contributed by atoms with Crippen LogP contribution in [-0.2, 0) is 12.7 Å². The van der Waals surface area contributed by atoms with Gasteiger partial charge >= 0.3 is 0 Å². The predicted octanol–water partition coefficient (Wildman–Crippen LogP) is 3.83. The molecule has 1 nitrogen and oxygen atoms in total.